The minimum absolute atomic E-state index is 0.344. The highest BCUT2D eigenvalue weighted by Crippen LogP contribution is 2.23. The molecule has 4 nitrogen and oxygen atoms in total. The molecule has 0 spiro atoms. The lowest BCUT2D eigenvalue weighted by atomic mass is 10.1. The van der Waals surface area contributed by atoms with Crippen molar-refractivity contribution < 1.29 is 14.3 Å². The normalized spacial score (nSPS) is 10.2. The van der Waals surface area contributed by atoms with E-state index in [4.69, 9.17) is 15.2 Å². The largest absolute Gasteiger partial charge is 0.491 e. The minimum Gasteiger partial charge on any atom is -0.491 e. The first-order chi connectivity index (χ1) is 10.7. The Morgan fingerprint density at radius 1 is 1.14 bits per heavy atom. The Morgan fingerprint density at radius 2 is 1.91 bits per heavy atom. The van der Waals surface area contributed by atoms with Crippen LogP contribution in [0.1, 0.15) is 29.3 Å². The van der Waals surface area contributed by atoms with E-state index in [1.54, 1.807) is 25.1 Å². The molecule has 0 aliphatic carbocycles. The van der Waals surface area contributed by atoms with Crippen LogP contribution in [0.2, 0.25) is 0 Å². The zero-order valence-corrected chi connectivity index (χ0v) is 12.7. The van der Waals surface area contributed by atoms with Gasteiger partial charge in [-0.1, -0.05) is 30.3 Å². The summed E-state index contributed by atoms with van der Waals surface area (Å²) in [4.78, 5) is 11.7. The van der Waals surface area contributed by atoms with Gasteiger partial charge in [0.2, 0.25) is 0 Å². The molecule has 0 aliphatic rings. The van der Waals surface area contributed by atoms with Gasteiger partial charge in [-0.05, 0) is 43.5 Å². The smallest absolute Gasteiger partial charge is 0.338 e. The van der Waals surface area contributed by atoms with Gasteiger partial charge in [0.1, 0.15) is 5.75 Å². The number of hydrogen-bond acceptors (Lipinski definition) is 4. The van der Waals surface area contributed by atoms with E-state index < -0.39 is 0 Å². The van der Waals surface area contributed by atoms with Crippen molar-refractivity contribution in [1.82, 2.24) is 0 Å². The highest BCUT2D eigenvalue weighted by molar-refractivity contribution is 5.90. The second-order valence-corrected chi connectivity index (χ2v) is 4.91. The number of carbonyl (C=O) groups excluding carboxylic acids is 1. The topological polar surface area (TPSA) is 61.5 Å². The van der Waals surface area contributed by atoms with E-state index >= 15 is 0 Å². The minimum atomic E-state index is -0.364. The number of nitrogens with two attached hydrogens (primary N) is 1. The quantitative estimate of drug-likeness (QED) is 0.483. The summed E-state index contributed by atoms with van der Waals surface area (Å²) in [6.07, 6.45) is 1.82. The van der Waals surface area contributed by atoms with Crippen LogP contribution >= 0.6 is 0 Å². The molecular formula is C18H21NO3. The van der Waals surface area contributed by atoms with Gasteiger partial charge in [0, 0.05) is 0 Å². The first-order valence-corrected chi connectivity index (χ1v) is 7.44. The fourth-order valence-electron chi connectivity index (χ4n) is 2.10. The predicted molar refractivity (Wildman–Crippen MR) is 87.1 cm³/mol. The first kappa shape index (κ1) is 15.9. The number of nitrogen functional groups attached to an aromatic ring is 1. The van der Waals surface area contributed by atoms with E-state index in [0.29, 0.717) is 30.2 Å². The van der Waals surface area contributed by atoms with Gasteiger partial charge in [-0.15, -0.1) is 0 Å². The number of aryl methyl sites for hydroxylation is 1. The van der Waals surface area contributed by atoms with Crippen molar-refractivity contribution in [3.05, 3.63) is 59.7 Å². The van der Waals surface area contributed by atoms with Crippen LogP contribution in [-0.2, 0) is 11.2 Å². The van der Waals surface area contributed by atoms with Crippen LogP contribution < -0.4 is 10.5 Å². The van der Waals surface area contributed by atoms with Gasteiger partial charge >= 0.3 is 5.97 Å². The third kappa shape index (κ3) is 4.52. The molecule has 0 bridgehead atoms. The lowest BCUT2D eigenvalue weighted by molar-refractivity contribution is 0.0526. The molecule has 0 fully saturated rings. The van der Waals surface area contributed by atoms with Crippen LogP contribution in [0.4, 0.5) is 5.69 Å². The van der Waals surface area contributed by atoms with E-state index in [0.717, 1.165) is 12.8 Å². The lowest BCUT2D eigenvalue weighted by Crippen LogP contribution is -2.07. The van der Waals surface area contributed by atoms with Gasteiger partial charge in [-0.3, -0.25) is 0 Å². The summed E-state index contributed by atoms with van der Waals surface area (Å²) in [5.74, 6) is 0.162. The number of benzene rings is 2. The zero-order valence-electron chi connectivity index (χ0n) is 12.7. The predicted octanol–water partition coefficient (Wildman–Crippen LogP) is 3.46. The van der Waals surface area contributed by atoms with E-state index in [2.05, 4.69) is 12.1 Å². The number of hydrogen-bond donors (Lipinski definition) is 1. The summed E-state index contributed by atoms with van der Waals surface area (Å²) in [5, 5.41) is 0. The molecule has 22 heavy (non-hydrogen) atoms. The fourth-order valence-corrected chi connectivity index (χ4v) is 2.10. The average molecular weight is 299 g/mol. The molecule has 0 atom stereocenters. The number of ether oxygens (including phenoxy) is 2. The number of esters is 1. The van der Waals surface area contributed by atoms with Crippen molar-refractivity contribution in [3.63, 3.8) is 0 Å². The maximum absolute atomic E-state index is 11.7. The van der Waals surface area contributed by atoms with Crippen LogP contribution in [0.15, 0.2) is 48.5 Å². The van der Waals surface area contributed by atoms with Gasteiger partial charge in [-0.2, -0.15) is 0 Å². The number of rotatable bonds is 7. The average Bonchev–Trinajstić information content (AvgIpc) is 2.54. The van der Waals surface area contributed by atoms with E-state index in [9.17, 15) is 4.79 Å². The molecule has 0 saturated carbocycles. The Balaban J connectivity index is 1.89. The molecule has 2 rings (SSSR count). The van der Waals surface area contributed by atoms with Crippen molar-refractivity contribution in [2.75, 3.05) is 18.9 Å². The van der Waals surface area contributed by atoms with Gasteiger partial charge in [0.25, 0.3) is 0 Å². The van der Waals surface area contributed by atoms with Crippen molar-refractivity contribution in [2.45, 2.75) is 19.8 Å². The van der Waals surface area contributed by atoms with Crippen LogP contribution in [0.3, 0.4) is 0 Å². The molecule has 2 N–H and O–H groups in total. The molecule has 116 valence electrons. The van der Waals surface area contributed by atoms with E-state index in [1.165, 1.54) is 5.56 Å². The van der Waals surface area contributed by atoms with E-state index in [-0.39, 0.29) is 5.97 Å². The molecule has 0 aliphatic heterocycles. The summed E-state index contributed by atoms with van der Waals surface area (Å²) < 4.78 is 10.7. The summed E-state index contributed by atoms with van der Waals surface area (Å²) in [5.41, 5.74) is 8.13. The third-order valence-electron chi connectivity index (χ3n) is 3.23. The second-order valence-electron chi connectivity index (χ2n) is 4.91. The molecular weight excluding hydrogens is 278 g/mol. The highest BCUT2D eigenvalue weighted by atomic mass is 16.5. The Bertz CT molecular complexity index is 611. The van der Waals surface area contributed by atoms with Crippen LogP contribution in [0.5, 0.6) is 5.75 Å². The number of carbonyl (C=O) groups is 1. The SMILES string of the molecule is CCOC(=O)c1ccc(N)c(OCCCc2ccccc2)c1. The Labute approximate surface area is 130 Å². The summed E-state index contributed by atoms with van der Waals surface area (Å²) in [6.45, 7) is 2.66. The van der Waals surface area contributed by atoms with Crippen molar-refractivity contribution in [2.24, 2.45) is 0 Å². The van der Waals surface area contributed by atoms with Crippen molar-refractivity contribution >= 4 is 11.7 Å². The Hall–Kier alpha value is -2.49. The van der Waals surface area contributed by atoms with Gasteiger partial charge in [0.15, 0.2) is 0 Å². The van der Waals surface area contributed by atoms with Crippen molar-refractivity contribution in [3.8, 4) is 5.75 Å². The molecule has 0 radical (unpaired) electrons. The maximum atomic E-state index is 11.7. The summed E-state index contributed by atoms with van der Waals surface area (Å²) in [6, 6.07) is 15.2. The first-order valence-electron chi connectivity index (χ1n) is 7.44. The van der Waals surface area contributed by atoms with Crippen LogP contribution in [-0.4, -0.2) is 19.2 Å². The van der Waals surface area contributed by atoms with Crippen LogP contribution in [0, 0.1) is 0 Å². The van der Waals surface area contributed by atoms with Gasteiger partial charge < -0.3 is 15.2 Å². The molecule has 0 heterocycles. The van der Waals surface area contributed by atoms with Gasteiger partial charge in [0.05, 0.1) is 24.5 Å². The Kier molecular flexibility index (Phi) is 5.83. The Morgan fingerprint density at radius 3 is 2.64 bits per heavy atom. The third-order valence-corrected chi connectivity index (χ3v) is 3.23. The second kappa shape index (κ2) is 8.08. The van der Waals surface area contributed by atoms with Gasteiger partial charge in [-0.25, -0.2) is 4.79 Å². The zero-order chi connectivity index (χ0) is 15.8. The monoisotopic (exact) mass is 299 g/mol. The van der Waals surface area contributed by atoms with E-state index in [1.807, 2.05) is 18.2 Å². The molecule has 2 aromatic rings. The van der Waals surface area contributed by atoms with Crippen molar-refractivity contribution in [1.29, 1.82) is 0 Å². The summed E-state index contributed by atoms with van der Waals surface area (Å²) >= 11 is 0. The molecule has 0 aromatic heterocycles. The fraction of sp³-hybridized carbons (Fsp3) is 0.278. The lowest BCUT2D eigenvalue weighted by Gasteiger charge is -2.10. The van der Waals surface area contributed by atoms with Crippen LogP contribution in [0.25, 0.3) is 0 Å². The molecule has 0 unspecified atom stereocenters. The standard InChI is InChI=1S/C18H21NO3/c1-2-21-18(20)15-10-11-16(19)17(13-15)22-12-6-9-14-7-4-3-5-8-14/h3-5,7-8,10-11,13H,2,6,9,12,19H2,1H3. The molecule has 4 heteroatoms. The summed E-state index contributed by atoms with van der Waals surface area (Å²) in [7, 11) is 0. The maximum Gasteiger partial charge on any atom is 0.338 e. The molecule has 2 aromatic carbocycles. The molecule has 0 amide bonds. The molecule has 0 saturated heterocycles. The number of anilines is 1. The highest BCUT2D eigenvalue weighted by Gasteiger charge is 2.10.